The number of aliphatic imine (C=N–C) groups is 1. The molecule has 4 nitrogen and oxygen atoms in total. The van der Waals surface area contributed by atoms with Crippen LogP contribution in [0.25, 0.3) is 0 Å². The smallest absolute Gasteiger partial charge is 0.240 e. The molecule has 3 aromatic carbocycles. The number of rotatable bonds is 1. The molecule has 4 N–H and O–H groups in total. The number of halogens is 5. The first kappa shape index (κ1) is 27.1. The molecule has 0 saturated carbocycles. The Morgan fingerprint density at radius 1 is 0.710 bits per heavy atom. The highest BCUT2D eigenvalue weighted by Crippen LogP contribution is 2.34. The van der Waals surface area contributed by atoms with E-state index in [1.54, 1.807) is 24.3 Å². The van der Waals surface area contributed by atoms with E-state index < -0.39 is 0 Å². The van der Waals surface area contributed by atoms with Crippen molar-refractivity contribution in [2.24, 2.45) is 4.99 Å². The van der Waals surface area contributed by atoms with Gasteiger partial charge in [0, 0.05) is 10.7 Å². The third-order valence-electron chi connectivity index (χ3n) is 3.92. The zero-order valence-electron chi connectivity index (χ0n) is 16.9. The Bertz CT molecular complexity index is 1090. The number of isocyanates is 1. The van der Waals surface area contributed by atoms with Gasteiger partial charge < -0.3 is 11.5 Å². The Morgan fingerprint density at radius 2 is 1.23 bits per heavy atom. The minimum Gasteiger partial charge on any atom is -0.399 e. The van der Waals surface area contributed by atoms with Crippen molar-refractivity contribution >= 4 is 81.1 Å². The van der Waals surface area contributed by atoms with E-state index in [-0.39, 0.29) is 0 Å². The van der Waals surface area contributed by atoms with Crippen LogP contribution in [0.1, 0.15) is 16.7 Å². The van der Waals surface area contributed by atoms with Crippen molar-refractivity contribution in [1.29, 1.82) is 0 Å². The highest BCUT2D eigenvalue weighted by Gasteiger charge is 2.05. The zero-order chi connectivity index (χ0) is 23.7. The molecule has 0 amide bonds. The number of nitrogen functional groups attached to an aromatic ring is 2. The maximum Gasteiger partial charge on any atom is 0.240 e. The lowest BCUT2D eigenvalue weighted by Gasteiger charge is -2.01. The van der Waals surface area contributed by atoms with Crippen molar-refractivity contribution in [3.05, 3.63) is 84.3 Å². The van der Waals surface area contributed by atoms with Crippen molar-refractivity contribution in [2.75, 3.05) is 11.5 Å². The summed E-state index contributed by atoms with van der Waals surface area (Å²) in [5.41, 5.74) is 15.4. The molecule has 0 heterocycles. The Balaban J connectivity index is 0.000000235. The topological polar surface area (TPSA) is 81.5 Å². The number of benzene rings is 3. The molecule has 9 heteroatoms. The van der Waals surface area contributed by atoms with Crippen LogP contribution in [0.2, 0.25) is 25.1 Å². The Morgan fingerprint density at radius 3 is 1.71 bits per heavy atom. The van der Waals surface area contributed by atoms with Gasteiger partial charge in [0.15, 0.2) is 0 Å². The van der Waals surface area contributed by atoms with Crippen LogP contribution in [0.15, 0.2) is 47.5 Å². The van der Waals surface area contributed by atoms with Crippen LogP contribution >= 0.6 is 58.0 Å². The van der Waals surface area contributed by atoms with Gasteiger partial charge in [-0.15, -0.1) is 0 Å². The SMILES string of the molecule is Cc1ccc(N)c(Cl)c1Cl.Cc1ccc(N)cc1Cl.Cc1ccc(N=C=O)c(Cl)c1Cl. The maximum absolute atomic E-state index is 9.93. The van der Waals surface area contributed by atoms with E-state index >= 15 is 0 Å². The molecule has 0 unspecified atom stereocenters. The lowest BCUT2D eigenvalue weighted by atomic mass is 10.2. The summed E-state index contributed by atoms with van der Waals surface area (Å²) in [5, 5.41) is 2.44. The fraction of sp³-hybridized carbons (Fsp3) is 0.136. The summed E-state index contributed by atoms with van der Waals surface area (Å²) in [7, 11) is 0. The number of anilines is 2. The van der Waals surface area contributed by atoms with Gasteiger partial charge in [0.2, 0.25) is 6.08 Å². The highest BCUT2D eigenvalue weighted by molar-refractivity contribution is 6.44. The van der Waals surface area contributed by atoms with Crippen molar-refractivity contribution in [1.82, 2.24) is 0 Å². The fourth-order valence-electron chi connectivity index (χ4n) is 2.04. The molecule has 0 spiro atoms. The normalized spacial score (nSPS) is 9.55. The van der Waals surface area contributed by atoms with Crippen LogP contribution in [0.5, 0.6) is 0 Å². The average Bonchev–Trinajstić information content (AvgIpc) is 2.74. The molecule has 0 fully saturated rings. The molecule has 0 saturated heterocycles. The number of nitrogens with zero attached hydrogens (tertiary/aromatic N) is 1. The summed E-state index contributed by atoms with van der Waals surface area (Å²) in [6.07, 6.45) is 1.40. The molecule has 0 bridgehead atoms. The van der Waals surface area contributed by atoms with E-state index in [1.165, 1.54) is 6.08 Å². The maximum atomic E-state index is 9.93. The number of hydrogen-bond donors (Lipinski definition) is 2. The molecule has 0 aliphatic carbocycles. The van der Waals surface area contributed by atoms with Gasteiger partial charge in [0.05, 0.1) is 31.5 Å². The second kappa shape index (κ2) is 12.8. The van der Waals surface area contributed by atoms with Gasteiger partial charge in [-0.1, -0.05) is 76.2 Å². The third-order valence-corrected chi connectivity index (χ3v) is 6.29. The molecule has 3 rings (SSSR count). The van der Waals surface area contributed by atoms with Crippen LogP contribution in [-0.2, 0) is 4.79 Å². The fourth-order valence-corrected chi connectivity index (χ4v) is 3.03. The monoisotopic (exact) mass is 517 g/mol. The summed E-state index contributed by atoms with van der Waals surface area (Å²) in [6, 6.07) is 12.4. The summed E-state index contributed by atoms with van der Waals surface area (Å²) >= 11 is 28.8. The molecule has 164 valence electrons. The van der Waals surface area contributed by atoms with Gasteiger partial charge in [-0.05, 0) is 61.7 Å². The van der Waals surface area contributed by atoms with Gasteiger partial charge in [-0.3, -0.25) is 0 Å². The predicted octanol–water partition coefficient (Wildman–Crippen LogP) is 8.38. The zero-order valence-corrected chi connectivity index (χ0v) is 20.7. The van der Waals surface area contributed by atoms with E-state index in [2.05, 4.69) is 4.99 Å². The standard InChI is InChI=1S/C8H5Cl2NO.C7H7Cl2N.C7H8ClN/c1-5-2-3-6(11-4-12)8(10)7(5)9;1-4-2-3-5(10)7(9)6(4)8;1-5-2-3-6(9)4-7(5)8/h2-3H,1H3;2-3H,10H2,1H3;2-4H,9H2,1H3. The predicted molar refractivity (Wildman–Crippen MR) is 135 cm³/mol. The van der Waals surface area contributed by atoms with E-state index in [1.807, 2.05) is 39.0 Å². The lowest BCUT2D eigenvalue weighted by Crippen LogP contribution is -1.87. The quantitative estimate of drug-likeness (QED) is 0.192. The minimum atomic E-state index is 0.292. The van der Waals surface area contributed by atoms with E-state index in [0.29, 0.717) is 37.2 Å². The van der Waals surface area contributed by atoms with Crippen molar-refractivity contribution in [3.8, 4) is 0 Å². The van der Waals surface area contributed by atoms with Gasteiger partial charge in [0.25, 0.3) is 0 Å². The summed E-state index contributed by atoms with van der Waals surface area (Å²) in [6.45, 7) is 5.65. The second-order valence-corrected chi connectivity index (χ2v) is 8.26. The van der Waals surface area contributed by atoms with Gasteiger partial charge in [0.1, 0.15) is 0 Å². The molecular weight excluding hydrogens is 500 g/mol. The van der Waals surface area contributed by atoms with E-state index in [0.717, 1.165) is 21.7 Å². The number of carbonyl (C=O) groups excluding carboxylic acids is 1. The first-order valence-corrected chi connectivity index (χ1v) is 10.6. The van der Waals surface area contributed by atoms with E-state index in [4.69, 9.17) is 69.5 Å². The van der Waals surface area contributed by atoms with Gasteiger partial charge >= 0.3 is 0 Å². The largest absolute Gasteiger partial charge is 0.399 e. The highest BCUT2D eigenvalue weighted by atomic mass is 35.5. The Hall–Kier alpha value is -1.91. The minimum absolute atomic E-state index is 0.292. The second-order valence-electron chi connectivity index (χ2n) is 6.34. The van der Waals surface area contributed by atoms with E-state index in [9.17, 15) is 4.79 Å². The van der Waals surface area contributed by atoms with Crippen LogP contribution < -0.4 is 11.5 Å². The first-order valence-electron chi connectivity index (χ1n) is 8.73. The summed E-state index contributed by atoms with van der Waals surface area (Å²) in [5.74, 6) is 0. The lowest BCUT2D eigenvalue weighted by molar-refractivity contribution is 0.565. The van der Waals surface area contributed by atoms with Crippen LogP contribution in [0.3, 0.4) is 0 Å². The van der Waals surface area contributed by atoms with Crippen molar-refractivity contribution in [3.63, 3.8) is 0 Å². The van der Waals surface area contributed by atoms with Crippen LogP contribution in [-0.4, -0.2) is 6.08 Å². The summed E-state index contributed by atoms with van der Waals surface area (Å²) < 4.78 is 0. The van der Waals surface area contributed by atoms with Crippen molar-refractivity contribution in [2.45, 2.75) is 20.8 Å². The molecule has 3 aromatic rings. The molecule has 0 aliphatic rings. The Kier molecular flexibility index (Phi) is 11.2. The molecule has 0 aromatic heterocycles. The molecule has 0 radical (unpaired) electrons. The average molecular weight is 520 g/mol. The van der Waals surface area contributed by atoms with Crippen molar-refractivity contribution < 1.29 is 4.79 Å². The molecule has 0 aliphatic heterocycles. The number of nitrogens with two attached hydrogens (primary N) is 2. The number of aryl methyl sites for hydroxylation is 3. The third kappa shape index (κ3) is 8.27. The Labute approximate surface area is 206 Å². The van der Waals surface area contributed by atoms with Gasteiger partial charge in [-0.25, -0.2) is 4.79 Å². The molecular formula is C22H20Cl5N3O. The summed E-state index contributed by atoms with van der Waals surface area (Å²) in [4.78, 5) is 13.3. The molecule has 0 atom stereocenters. The molecule has 31 heavy (non-hydrogen) atoms. The first-order chi connectivity index (χ1) is 14.5. The van der Waals surface area contributed by atoms with Gasteiger partial charge in [-0.2, -0.15) is 4.99 Å². The van der Waals surface area contributed by atoms with Crippen LogP contribution in [0.4, 0.5) is 17.1 Å². The number of hydrogen-bond acceptors (Lipinski definition) is 4. The van der Waals surface area contributed by atoms with Crippen LogP contribution in [0, 0.1) is 20.8 Å².